The first-order valence-corrected chi connectivity index (χ1v) is 7.49. The molecule has 0 unspecified atom stereocenters. The molecule has 0 aliphatic carbocycles. The third kappa shape index (κ3) is 3.14. The number of aromatic amines is 1. The molecule has 2 heterocycles. The topological polar surface area (TPSA) is 90.5 Å². The van der Waals surface area contributed by atoms with Crippen molar-refractivity contribution in [2.45, 2.75) is 6.18 Å². The van der Waals surface area contributed by atoms with E-state index in [2.05, 4.69) is 4.98 Å². The Kier molecular flexibility index (Phi) is 4.21. The van der Waals surface area contributed by atoms with Crippen LogP contribution in [0.3, 0.4) is 0 Å². The number of hydrogen-bond donors (Lipinski definition) is 2. The summed E-state index contributed by atoms with van der Waals surface area (Å²) in [5, 5.41) is 9.05. The van der Waals surface area contributed by atoms with Crippen LogP contribution in [0.25, 0.3) is 10.9 Å². The van der Waals surface area contributed by atoms with Crippen molar-refractivity contribution < 1.29 is 32.3 Å². The molecule has 3 rings (SSSR count). The number of alkyl halides is 3. The Morgan fingerprint density at radius 1 is 1.19 bits per heavy atom. The van der Waals surface area contributed by atoms with Crippen LogP contribution >= 0.6 is 0 Å². The summed E-state index contributed by atoms with van der Waals surface area (Å²) in [7, 11) is 0. The van der Waals surface area contributed by atoms with E-state index in [1.165, 1.54) is 6.07 Å². The molecule has 1 fully saturated rings. The average Bonchev–Trinajstić information content (AvgIpc) is 3.00. The molecule has 1 aromatic heterocycles. The second-order valence-corrected chi connectivity index (χ2v) is 6.04. The van der Waals surface area contributed by atoms with Gasteiger partial charge in [0.05, 0.1) is 17.4 Å². The Morgan fingerprint density at radius 3 is 2.46 bits per heavy atom. The third-order valence-corrected chi connectivity index (χ3v) is 4.38. The van der Waals surface area contributed by atoms with Gasteiger partial charge in [0.1, 0.15) is 5.82 Å². The van der Waals surface area contributed by atoms with Crippen molar-refractivity contribution in [1.82, 2.24) is 9.88 Å². The molecule has 6 nitrogen and oxygen atoms in total. The van der Waals surface area contributed by atoms with Crippen LogP contribution in [-0.2, 0) is 4.79 Å². The molecule has 1 amide bonds. The van der Waals surface area contributed by atoms with Gasteiger partial charge >= 0.3 is 12.1 Å². The molecule has 26 heavy (non-hydrogen) atoms. The van der Waals surface area contributed by atoms with Gasteiger partial charge in [0, 0.05) is 30.1 Å². The number of fused-ring (bicyclic) bond motifs is 1. The van der Waals surface area contributed by atoms with Crippen LogP contribution in [0.2, 0.25) is 0 Å². The van der Waals surface area contributed by atoms with E-state index in [-0.39, 0.29) is 16.5 Å². The summed E-state index contributed by atoms with van der Waals surface area (Å²) in [5.74, 6) is -7.33. The lowest BCUT2D eigenvalue weighted by molar-refractivity contribution is -0.187. The SMILES string of the molecule is O=C(O)[C@@H]1CN(C(=O)c2cc(=O)[nH]c3ccc(F)cc23)C[C@H]1C(F)(F)F. The normalized spacial score (nSPS) is 20.5. The Hall–Kier alpha value is -2.91. The van der Waals surface area contributed by atoms with Crippen molar-refractivity contribution in [2.75, 3.05) is 13.1 Å². The monoisotopic (exact) mass is 372 g/mol. The first-order valence-electron chi connectivity index (χ1n) is 7.49. The summed E-state index contributed by atoms with van der Waals surface area (Å²) in [5.41, 5.74) is -0.826. The van der Waals surface area contributed by atoms with Crippen molar-refractivity contribution in [3.63, 3.8) is 0 Å². The van der Waals surface area contributed by atoms with Crippen LogP contribution in [-0.4, -0.2) is 46.1 Å². The van der Waals surface area contributed by atoms with Crippen LogP contribution < -0.4 is 5.56 Å². The Labute approximate surface area is 143 Å². The molecule has 0 radical (unpaired) electrons. The molecule has 0 saturated carbocycles. The lowest BCUT2D eigenvalue weighted by atomic mass is 9.96. The number of likely N-dealkylation sites (tertiary alicyclic amines) is 1. The van der Waals surface area contributed by atoms with E-state index in [9.17, 15) is 31.9 Å². The molecular weight excluding hydrogens is 360 g/mol. The molecule has 2 atom stereocenters. The maximum Gasteiger partial charge on any atom is 0.394 e. The minimum absolute atomic E-state index is 0.0249. The molecule has 2 N–H and O–H groups in total. The van der Waals surface area contributed by atoms with E-state index in [1.54, 1.807) is 0 Å². The van der Waals surface area contributed by atoms with Crippen molar-refractivity contribution >= 4 is 22.8 Å². The Bertz CT molecular complexity index is 953. The number of hydrogen-bond acceptors (Lipinski definition) is 3. The van der Waals surface area contributed by atoms with Crippen molar-refractivity contribution in [2.24, 2.45) is 11.8 Å². The molecule has 1 aliphatic rings. The molecular formula is C16H12F4N2O4. The zero-order chi connectivity index (χ0) is 19.2. The lowest BCUT2D eigenvalue weighted by Crippen LogP contribution is -2.34. The predicted molar refractivity (Wildman–Crippen MR) is 81.1 cm³/mol. The second kappa shape index (κ2) is 6.11. The number of halogens is 4. The van der Waals surface area contributed by atoms with Crippen LogP contribution in [0.4, 0.5) is 17.6 Å². The van der Waals surface area contributed by atoms with Gasteiger partial charge in [-0.15, -0.1) is 0 Å². The van der Waals surface area contributed by atoms with Gasteiger partial charge in [0.25, 0.3) is 5.91 Å². The zero-order valence-corrected chi connectivity index (χ0v) is 13.0. The largest absolute Gasteiger partial charge is 0.481 e. The van der Waals surface area contributed by atoms with Crippen LogP contribution in [0.15, 0.2) is 29.1 Å². The lowest BCUT2D eigenvalue weighted by Gasteiger charge is -2.19. The van der Waals surface area contributed by atoms with Gasteiger partial charge in [-0.3, -0.25) is 14.4 Å². The number of pyridine rings is 1. The highest BCUT2D eigenvalue weighted by Crippen LogP contribution is 2.38. The fraction of sp³-hybridized carbons (Fsp3) is 0.312. The van der Waals surface area contributed by atoms with Gasteiger partial charge in [-0.2, -0.15) is 13.2 Å². The zero-order valence-electron chi connectivity index (χ0n) is 13.0. The Morgan fingerprint density at radius 2 is 1.88 bits per heavy atom. The van der Waals surface area contributed by atoms with Crippen LogP contribution in [0, 0.1) is 17.7 Å². The summed E-state index contributed by atoms with van der Waals surface area (Å²) in [6.45, 7) is -1.50. The van der Waals surface area contributed by atoms with E-state index < -0.39 is 54.4 Å². The number of carbonyl (C=O) groups is 2. The number of carboxylic acid groups (broad SMARTS) is 1. The third-order valence-electron chi connectivity index (χ3n) is 4.38. The molecule has 0 spiro atoms. The van der Waals surface area contributed by atoms with Gasteiger partial charge in [0.2, 0.25) is 5.56 Å². The molecule has 10 heteroatoms. The van der Waals surface area contributed by atoms with Crippen LogP contribution in [0.5, 0.6) is 0 Å². The number of H-pyrrole nitrogens is 1. The van der Waals surface area contributed by atoms with Crippen molar-refractivity contribution in [3.05, 3.63) is 46.0 Å². The first kappa shape index (κ1) is 17.9. The van der Waals surface area contributed by atoms with E-state index in [0.717, 1.165) is 23.1 Å². The molecule has 2 aromatic rings. The minimum atomic E-state index is -4.79. The first-order chi connectivity index (χ1) is 12.1. The highest BCUT2D eigenvalue weighted by atomic mass is 19.4. The standard InChI is InChI=1S/C16H12F4N2O4/c17-7-1-2-12-8(3-7)9(4-13(23)21-12)14(24)22-5-10(15(25)26)11(6-22)16(18,19)20/h1-4,10-11H,5-6H2,(H,21,23)(H,25,26)/t10-,11-/m1/s1. The number of nitrogens with zero attached hydrogens (tertiary/aromatic N) is 1. The number of carbonyl (C=O) groups excluding carboxylic acids is 1. The highest BCUT2D eigenvalue weighted by Gasteiger charge is 2.53. The van der Waals surface area contributed by atoms with E-state index in [4.69, 9.17) is 5.11 Å². The number of nitrogens with one attached hydrogen (secondary N) is 1. The minimum Gasteiger partial charge on any atom is -0.481 e. The number of carboxylic acids is 1. The smallest absolute Gasteiger partial charge is 0.394 e. The predicted octanol–water partition coefficient (Wildman–Crippen LogP) is 2.00. The van der Waals surface area contributed by atoms with Gasteiger partial charge in [-0.05, 0) is 18.2 Å². The summed E-state index contributed by atoms with van der Waals surface area (Å²) >= 11 is 0. The molecule has 138 valence electrons. The second-order valence-electron chi connectivity index (χ2n) is 6.04. The number of aromatic nitrogens is 1. The van der Waals surface area contributed by atoms with Gasteiger partial charge in [-0.25, -0.2) is 4.39 Å². The average molecular weight is 372 g/mol. The molecule has 0 bridgehead atoms. The van der Waals surface area contributed by atoms with E-state index >= 15 is 0 Å². The Balaban J connectivity index is 2.03. The van der Waals surface area contributed by atoms with E-state index in [1.807, 2.05) is 0 Å². The van der Waals surface area contributed by atoms with Crippen molar-refractivity contribution in [3.8, 4) is 0 Å². The van der Waals surface area contributed by atoms with Gasteiger partial charge in [0.15, 0.2) is 0 Å². The van der Waals surface area contributed by atoms with Crippen LogP contribution in [0.1, 0.15) is 10.4 Å². The maximum atomic E-state index is 13.5. The maximum absolute atomic E-state index is 13.5. The van der Waals surface area contributed by atoms with Crippen molar-refractivity contribution in [1.29, 1.82) is 0 Å². The summed E-state index contributed by atoms with van der Waals surface area (Å²) in [6, 6.07) is 4.12. The highest BCUT2D eigenvalue weighted by molar-refractivity contribution is 6.06. The molecule has 1 saturated heterocycles. The van der Waals surface area contributed by atoms with Gasteiger partial charge < -0.3 is 15.0 Å². The number of aliphatic carboxylic acids is 1. The summed E-state index contributed by atoms with van der Waals surface area (Å²) in [6.07, 6.45) is -4.79. The number of benzene rings is 1. The molecule has 1 aromatic carbocycles. The fourth-order valence-electron chi connectivity index (χ4n) is 3.12. The fourth-order valence-corrected chi connectivity index (χ4v) is 3.12. The number of rotatable bonds is 2. The molecule has 1 aliphatic heterocycles. The summed E-state index contributed by atoms with van der Waals surface area (Å²) < 4.78 is 52.7. The number of amides is 1. The van der Waals surface area contributed by atoms with Gasteiger partial charge in [-0.1, -0.05) is 0 Å². The van der Waals surface area contributed by atoms with E-state index in [0.29, 0.717) is 0 Å². The quantitative estimate of drug-likeness (QED) is 0.789. The summed E-state index contributed by atoms with van der Waals surface area (Å²) in [4.78, 5) is 38.6.